The van der Waals surface area contributed by atoms with Crippen molar-refractivity contribution < 1.29 is 13.2 Å². The first-order chi connectivity index (χ1) is 8.34. The standard InChI is InChI=1S/C11H13F3N4/c1-6(2)18-9-5-7(11(12,13)14)4-8(15-3)10(9)16-17-18/h4-6,15H,1-3H3. The van der Waals surface area contributed by atoms with E-state index in [9.17, 15) is 13.2 Å². The number of benzene rings is 1. The SMILES string of the molecule is CNc1cc(C(F)(F)F)cc2c1nnn2C(C)C. The van der Waals surface area contributed by atoms with Crippen LogP contribution in [0.1, 0.15) is 25.5 Å². The van der Waals surface area contributed by atoms with Crippen molar-refractivity contribution in [1.29, 1.82) is 0 Å². The molecule has 1 aromatic heterocycles. The molecule has 0 atom stereocenters. The molecule has 4 nitrogen and oxygen atoms in total. The average Bonchev–Trinajstić information content (AvgIpc) is 2.69. The van der Waals surface area contributed by atoms with Crippen LogP contribution in [0.25, 0.3) is 11.0 Å². The van der Waals surface area contributed by atoms with Crippen molar-refractivity contribution in [2.24, 2.45) is 0 Å². The van der Waals surface area contributed by atoms with Gasteiger partial charge in [0.15, 0.2) is 0 Å². The normalized spacial score (nSPS) is 12.4. The molecule has 2 rings (SSSR count). The van der Waals surface area contributed by atoms with Crippen molar-refractivity contribution in [3.8, 4) is 0 Å². The van der Waals surface area contributed by atoms with Crippen molar-refractivity contribution in [2.75, 3.05) is 12.4 Å². The second kappa shape index (κ2) is 4.15. The van der Waals surface area contributed by atoms with E-state index in [2.05, 4.69) is 15.6 Å². The number of hydrogen-bond donors (Lipinski definition) is 1. The Hall–Kier alpha value is -1.79. The van der Waals surface area contributed by atoms with Crippen LogP contribution < -0.4 is 5.32 Å². The van der Waals surface area contributed by atoms with E-state index >= 15 is 0 Å². The molecule has 0 bridgehead atoms. The maximum absolute atomic E-state index is 12.8. The molecule has 1 heterocycles. The summed E-state index contributed by atoms with van der Waals surface area (Å²) in [5, 5.41) is 10.5. The zero-order valence-electron chi connectivity index (χ0n) is 10.2. The number of alkyl halides is 3. The second-order valence-electron chi connectivity index (χ2n) is 4.27. The third-order valence-corrected chi connectivity index (χ3v) is 2.66. The van der Waals surface area contributed by atoms with Crippen LogP contribution in [0.4, 0.5) is 18.9 Å². The van der Waals surface area contributed by atoms with E-state index in [1.807, 2.05) is 13.8 Å². The van der Waals surface area contributed by atoms with Crippen molar-refractivity contribution in [3.63, 3.8) is 0 Å². The Labute approximate surface area is 102 Å². The average molecular weight is 258 g/mol. The number of aromatic nitrogens is 3. The van der Waals surface area contributed by atoms with Crippen LogP contribution in [0, 0.1) is 0 Å². The summed E-state index contributed by atoms with van der Waals surface area (Å²) < 4.78 is 39.9. The highest BCUT2D eigenvalue weighted by atomic mass is 19.4. The molecule has 7 heteroatoms. The summed E-state index contributed by atoms with van der Waals surface area (Å²) in [4.78, 5) is 0. The second-order valence-corrected chi connectivity index (χ2v) is 4.27. The first-order valence-electron chi connectivity index (χ1n) is 5.48. The Morgan fingerprint density at radius 1 is 1.28 bits per heavy atom. The summed E-state index contributed by atoms with van der Waals surface area (Å²) >= 11 is 0. The van der Waals surface area contributed by atoms with Gasteiger partial charge in [-0.25, -0.2) is 4.68 Å². The number of fused-ring (bicyclic) bond motifs is 1. The van der Waals surface area contributed by atoms with Crippen LogP contribution in [-0.4, -0.2) is 22.0 Å². The highest BCUT2D eigenvalue weighted by Crippen LogP contribution is 2.34. The zero-order valence-corrected chi connectivity index (χ0v) is 10.2. The van der Waals surface area contributed by atoms with Gasteiger partial charge in [-0.15, -0.1) is 5.10 Å². The van der Waals surface area contributed by atoms with E-state index in [0.29, 0.717) is 16.7 Å². The topological polar surface area (TPSA) is 42.7 Å². The number of nitrogens with one attached hydrogen (secondary N) is 1. The predicted octanol–water partition coefficient (Wildman–Crippen LogP) is 3.07. The van der Waals surface area contributed by atoms with E-state index in [0.717, 1.165) is 12.1 Å². The van der Waals surface area contributed by atoms with Gasteiger partial charge in [-0.3, -0.25) is 0 Å². The summed E-state index contributed by atoms with van der Waals surface area (Å²) in [6.45, 7) is 3.68. The predicted molar refractivity (Wildman–Crippen MR) is 62.5 cm³/mol. The fourth-order valence-corrected chi connectivity index (χ4v) is 1.78. The van der Waals surface area contributed by atoms with Gasteiger partial charge in [0.25, 0.3) is 0 Å². The maximum atomic E-state index is 12.8. The molecule has 0 aliphatic carbocycles. The van der Waals surface area contributed by atoms with Crippen LogP contribution in [0.5, 0.6) is 0 Å². The molecular formula is C11H13F3N4. The summed E-state index contributed by atoms with van der Waals surface area (Å²) in [7, 11) is 1.56. The third-order valence-electron chi connectivity index (χ3n) is 2.66. The fraction of sp³-hybridized carbons (Fsp3) is 0.455. The van der Waals surface area contributed by atoms with Gasteiger partial charge in [-0.2, -0.15) is 13.2 Å². The molecule has 2 aromatic rings. The van der Waals surface area contributed by atoms with Crippen LogP contribution in [0.2, 0.25) is 0 Å². The van der Waals surface area contributed by atoms with Crippen LogP contribution in [0.3, 0.4) is 0 Å². The van der Waals surface area contributed by atoms with E-state index in [1.165, 1.54) is 4.68 Å². The molecule has 0 saturated heterocycles. The van der Waals surface area contributed by atoms with Crippen LogP contribution >= 0.6 is 0 Å². The minimum Gasteiger partial charge on any atom is -0.386 e. The lowest BCUT2D eigenvalue weighted by molar-refractivity contribution is -0.137. The number of halogens is 3. The molecule has 0 spiro atoms. The molecule has 1 N–H and O–H groups in total. The first-order valence-corrected chi connectivity index (χ1v) is 5.48. The van der Waals surface area contributed by atoms with E-state index in [-0.39, 0.29) is 6.04 Å². The molecule has 1 aromatic carbocycles. The third kappa shape index (κ3) is 2.00. The Kier molecular flexibility index (Phi) is 2.92. The van der Waals surface area contributed by atoms with Crippen molar-refractivity contribution >= 4 is 16.7 Å². The number of rotatable bonds is 2. The number of anilines is 1. The highest BCUT2D eigenvalue weighted by molar-refractivity contribution is 5.88. The smallest absolute Gasteiger partial charge is 0.386 e. The minimum atomic E-state index is -4.38. The number of hydrogen-bond acceptors (Lipinski definition) is 3. The first kappa shape index (κ1) is 12.7. The Morgan fingerprint density at radius 2 is 1.94 bits per heavy atom. The molecule has 18 heavy (non-hydrogen) atoms. The summed E-state index contributed by atoms with van der Waals surface area (Å²) in [5.41, 5.74) is 0.443. The molecule has 0 unspecified atom stereocenters. The molecule has 98 valence electrons. The fourth-order valence-electron chi connectivity index (χ4n) is 1.78. The zero-order chi connectivity index (χ0) is 13.5. The molecule has 0 amide bonds. The monoisotopic (exact) mass is 258 g/mol. The van der Waals surface area contributed by atoms with Gasteiger partial charge in [0.2, 0.25) is 0 Å². The summed E-state index contributed by atoms with van der Waals surface area (Å²) in [6, 6.07) is 2.07. The Balaban J connectivity index is 2.75. The van der Waals surface area contributed by atoms with Crippen molar-refractivity contribution in [2.45, 2.75) is 26.1 Å². The molecule has 0 saturated carbocycles. The maximum Gasteiger partial charge on any atom is 0.416 e. The lowest BCUT2D eigenvalue weighted by Crippen LogP contribution is -2.08. The van der Waals surface area contributed by atoms with Gasteiger partial charge < -0.3 is 5.32 Å². The van der Waals surface area contributed by atoms with Gasteiger partial charge in [-0.05, 0) is 26.0 Å². The number of nitrogens with zero attached hydrogens (tertiary/aromatic N) is 3. The summed E-state index contributed by atoms with van der Waals surface area (Å²) in [5.74, 6) is 0. The van der Waals surface area contributed by atoms with Crippen molar-refractivity contribution in [3.05, 3.63) is 17.7 Å². The van der Waals surface area contributed by atoms with Crippen LogP contribution in [0.15, 0.2) is 12.1 Å². The van der Waals surface area contributed by atoms with E-state index in [4.69, 9.17) is 0 Å². The van der Waals surface area contributed by atoms with Crippen LogP contribution in [-0.2, 0) is 6.18 Å². The molecule has 0 aliphatic heterocycles. The molecule has 0 radical (unpaired) electrons. The lowest BCUT2D eigenvalue weighted by atomic mass is 10.1. The van der Waals surface area contributed by atoms with Crippen molar-refractivity contribution in [1.82, 2.24) is 15.0 Å². The largest absolute Gasteiger partial charge is 0.416 e. The Morgan fingerprint density at radius 3 is 2.44 bits per heavy atom. The quantitative estimate of drug-likeness (QED) is 0.900. The molecule has 0 fully saturated rings. The summed E-state index contributed by atoms with van der Waals surface area (Å²) in [6.07, 6.45) is -4.38. The van der Waals surface area contributed by atoms with Gasteiger partial charge in [-0.1, -0.05) is 5.21 Å². The van der Waals surface area contributed by atoms with Gasteiger partial charge in [0, 0.05) is 13.1 Å². The van der Waals surface area contributed by atoms with Gasteiger partial charge in [0.05, 0.1) is 16.8 Å². The van der Waals surface area contributed by atoms with E-state index in [1.54, 1.807) is 7.05 Å². The minimum absolute atomic E-state index is 0.0526. The highest BCUT2D eigenvalue weighted by Gasteiger charge is 2.32. The lowest BCUT2D eigenvalue weighted by Gasteiger charge is -2.11. The van der Waals surface area contributed by atoms with Gasteiger partial charge >= 0.3 is 6.18 Å². The Bertz CT molecular complexity index is 571. The van der Waals surface area contributed by atoms with Gasteiger partial charge in [0.1, 0.15) is 5.52 Å². The molecule has 0 aliphatic rings. The molecular weight excluding hydrogens is 245 g/mol. The van der Waals surface area contributed by atoms with E-state index < -0.39 is 11.7 Å².